The topological polar surface area (TPSA) is 46.6 Å². The van der Waals surface area contributed by atoms with Gasteiger partial charge in [-0.05, 0) is 0 Å². The lowest BCUT2D eigenvalue weighted by Crippen LogP contribution is -2.68. The van der Waals surface area contributed by atoms with Crippen molar-refractivity contribution in [3.05, 3.63) is 35.9 Å². The summed E-state index contributed by atoms with van der Waals surface area (Å²) < 4.78 is 1.02. The molecule has 0 saturated carbocycles. The molecule has 3 aliphatic rings. The summed E-state index contributed by atoms with van der Waals surface area (Å²) in [6.07, 6.45) is 0. The molecule has 3 aliphatic heterocycles. The van der Waals surface area contributed by atoms with Crippen LogP contribution in [-0.2, 0) is 0 Å². The first-order valence-corrected chi connectivity index (χ1v) is 8.37. The third-order valence-corrected chi connectivity index (χ3v) is 4.98. The van der Waals surface area contributed by atoms with Crippen LogP contribution in [0.2, 0.25) is 0 Å². The number of carbonyl (C=O) groups excluding carboxylic acids is 1. The Hall–Kier alpha value is -1.50. The summed E-state index contributed by atoms with van der Waals surface area (Å²) in [6.45, 7) is 7.65. The van der Waals surface area contributed by atoms with Gasteiger partial charge in [0.2, 0.25) is 5.78 Å². The number of piperazine rings is 3. The van der Waals surface area contributed by atoms with E-state index in [9.17, 15) is 9.90 Å². The monoisotopic (exact) mass is 335 g/mol. The van der Waals surface area contributed by atoms with Crippen LogP contribution < -0.4 is 5.11 Å². The number of quaternary nitrogens is 1. The van der Waals surface area contributed by atoms with Crippen molar-refractivity contribution in [3.8, 4) is 0 Å². The van der Waals surface area contributed by atoms with Gasteiger partial charge in [-0.25, -0.2) is 0 Å². The molecule has 6 heteroatoms. The van der Waals surface area contributed by atoms with Gasteiger partial charge < -0.3 is 14.5 Å². The zero-order chi connectivity index (χ0) is 16.9. The van der Waals surface area contributed by atoms with Gasteiger partial charge in [-0.15, -0.1) is 0 Å². The van der Waals surface area contributed by atoms with E-state index in [1.165, 1.54) is 24.5 Å². The SMILES string of the molecule is CN(C)C([O-])=S.O=C(C[N+]12CCN(CC1)CC2)c1ccccc1. The zero-order valence-corrected chi connectivity index (χ0v) is 14.7. The summed E-state index contributed by atoms with van der Waals surface area (Å²) in [7, 11) is 3.24. The van der Waals surface area contributed by atoms with Gasteiger partial charge in [0, 0.05) is 44.5 Å². The maximum atomic E-state index is 12.3. The van der Waals surface area contributed by atoms with Gasteiger partial charge in [0.15, 0.2) is 0 Å². The number of Topliss-reactive ketones (excluding diaryl/α,β-unsaturated/α-hetero) is 1. The maximum absolute atomic E-state index is 12.3. The van der Waals surface area contributed by atoms with E-state index in [1.54, 1.807) is 14.1 Å². The molecule has 0 aliphatic carbocycles. The van der Waals surface area contributed by atoms with Crippen molar-refractivity contribution in [2.75, 3.05) is 59.9 Å². The van der Waals surface area contributed by atoms with Crippen LogP contribution in [0.25, 0.3) is 0 Å². The quantitative estimate of drug-likeness (QED) is 0.449. The molecule has 0 N–H and O–H groups in total. The molecular weight excluding hydrogens is 310 g/mol. The zero-order valence-electron chi connectivity index (χ0n) is 13.9. The number of carbonyl (C=O) groups is 1. The Balaban J connectivity index is 0.000000277. The standard InChI is InChI=1S/C14H19N2O.C3H7NOS/c17-14(13-4-2-1-3-5-13)12-16-9-6-15(7-10-16)8-11-16;1-4(2)3(5)6/h1-5H,6-12H2;1-2H3,(H,5,6)/q+1;/p-1. The maximum Gasteiger partial charge on any atom is 0.216 e. The molecule has 4 rings (SSSR count). The third kappa shape index (κ3) is 4.99. The molecule has 3 heterocycles. The van der Waals surface area contributed by atoms with E-state index in [4.69, 9.17) is 0 Å². The van der Waals surface area contributed by atoms with Gasteiger partial charge in [0.25, 0.3) is 0 Å². The Morgan fingerprint density at radius 1 is 1.17 bits per heavy atom. The largest absolute Gasteiger partial charge is 0.852 e. The van der Waals surface area contributed by atoms with Gasteiger partial charge >= 0.3 is 0 Å². The second-order valence-electron chi connectivity index (χ2n) is 6.46. The molecule has 0 spiro atoms. The summed E-state index contributed by atoms with van der Waals surface area (Å²) in [5, 5.41) is 9.56. The molecular formula is C17H25N3O2S. The normalized spacial score (nSPS) is 25.2. The fourth-order valence-corrected chi connectivity index (χ4v) is 2.99. The molecule has 1 aromatic rings. The summed E-state index contributed by atoms with van der Waals surface area (Å²) >= 11 is 4.19. The molecule has 2 bridgehead atoms. The number of ketones is 1. The average Bonchev–Trinajstić information content (AvgIpc) is 2.57. The Bertz CT molecular complexity index is 526. The molecule has 0 unspecified atom stereocenters. The van der Waals surface area contributed by atoms with E-state index in [-0.39, 0.29) is 5.17 Å². The van der Waals surface area contributed by atoms with Crippen LogP contribution in [0.15, 0.2) is 30.3 Å². The van der Waals surface area contributed by atoms with Crippen LogP contribution >= 0.6 is 12.2 Å². The molecule has 5 nitrogen and oxygen atoms in total. The molecule has 3 saturated heterocycles. The number of hydrogen-bond acceptors (Lipinski definition) is 4. The van der Waals surface area contributed by atoms with Crippen molar-refractivity contribution in [2.24, 2.45) is 0 Å². The minimum absolute atomic E-state index is 0.306. The van der Waals surface area contributed by atoms with E-state index >= 15 is 0 Å². The minimum atomic E-state index is -0.324. The first kappa shape index (κ1) is 17.8. The Morgan fingerprint density at radius 3 is 2.09 bits per heavy atom. The molecule has 0 atom stereocenters. The van der Waals surface area contributed by atoms with Gasteiger partial charge in [0.05, 0.1) is 19.6 Å². The van der Waals surface area contributed by atoms with Crippen LogP contribution in [0, 0.1) is 0 Å². The van der Waals surface area contributed by atoms with E-state index < -0.39 is 0 Å². The van der Waals surface area contributed by atoms with Crippen molar-refractivity contribution in [3.63, 3.8) is 0 Å². The predicted molar refractivity (Wildman–Crippen MR) is 93.2 cm³/mol. The fraction of sp³-hybridized carbons (Fsp3) is 0.529. The van der Waals surface area contributed by atoms with Gasteiger partial charge in [-0.2, -0.15) is 0 Å². The predicted octanol–water partition coefficient (Wildman–Crippen LogP) is 0.209. The number of hydrogen-bond donors (Lipinski definition) is 0. The first-order chi connectivity index (χ1) is 10.9. The first-order valence-electron chi connectivity index (χ1n) is 7.96. The van der Waals surface area contributed by atoms with Crippen molar-refractivity contribution in [2.45, 2.75) is 0 Å². The average molecular weight is 335 g/mol. The highest BCUT2D eigenvalue weighted by Crippen LogP contribution is 2.20. The van der Waals surface area contributed by atoms with Crippen molar-refractivity contribution in [1.29, 1.82) is 0 Å². The highest BCUT2D eigenvalue weighted by Gasteiger charge is 2.39. The fourth-order valence-electron chi connectivity index (χ4n) is 2.99. The molecule has 3 fully saturated rings. The molecule has 0 aromatic heterocycles. The van der Waals surface area contributed by atoms with Gasteiger partial charge in [-0.1, -0.05) is 42.5 Å². The summed E-state index contributed by atoms with van der Waals surface area (Å²) in [6, 6.07) is 9.72. The minimum Gasteiger partial charge on any atom is -0.852 e. The van der Waals surface area contributed by atoms with E-state index in [2.05, 4.69) is 17.1 Å². The lowest BCUT2D eigenvalue weighted by Gasteiger charge is -2.50. The lowest BCUT2D eigenvalue weighted by molar-refractivity contribution is -0.933. The van der Waals surface area contributed by atoms with E-state index in [0.717, 1.165) is 29.7 Å². The Labute approximate surface area is 143 Å². The second kappa shape index (κ2) is 7.86. The van der Waals surface area contributed by atoms with Crippen molar-refractivity contribution in [1.82, 2.24) is 9.80 Å². The summed E-state index contributed by atoms with van der Waals surface area (Å²) in [5.74, 6) is 0.306. The summed E-state index contributed by atoms with van der Waals surface area (Å²) in [4.78, 5) is 16.1. The van der Waals surface area contributed by atoms with Crippen LogP contribution in [-0.4, -0.2) is 85.1 Å². The molecule has 126 valence electrons. The summed E-state index contributed by atoms with van der Waals surface area (Å²) in [5.41, 5.74) is 0.869. The highest BCUT2D eigenvalue weighted by atomic mass is 32.1. The number of fused-ring (bicyclic) bond motifs is 3. The highest BCUT2D eigenvalue weighted by molar-refractivity contribution is 7.79. The van der Waals surface area contributed by atoms with Crippen LogP contribution in [0.4, 0.5) is 0 Å². The second-order valence-corrected chi connectivity index (χ2v) is 6.81. The smallest absolute Gasteiger partial charge is 0.216 e. The van der Waals surface area contributed by atoms with Crippen molar-refractivity contribution < 1.29 is 14.4 Å². The number of nitrogens with zero attached hydrogens (tertiary/aromatic N) is 3. The van der Waals surface area contributed by atoms with E-state index in [1.807, 2.05) is 30.3 Å². The number of thiocarbonyl (C=S) groups is 1. The van der Waals surface area contributed by atoms with Crippen LogP contribution in [0.3, 0.4) is 0 Å². The number of rotatable bonds is 3. The third-order valence-electron chi connectivity index (χ3n) is 4.61. The number of benzene rings is 1. The van der Waals surface area contributed by atoms with Gasteiger partial charge in [-0.3, -0.25) is 9.69 Å². The Kier molecular flexibility index (Phi) is 6.10. The molecule has 0 amide bonds. The van der Waals surface area contributed by atoms with E-state index in [0.29, 0.717) is 12.3 Å². The van der Waals surface area contributed by atoms with Gasteiger partial charge in [0.1, 0.15) is 6.54 Å². The molecule has 23 heavy (non-hydrogen) atoms. The lowest BCUT2D eigenvalue weighted by atomic mass is 10.1. The van der Waals surface area contributed by atoms with Crippen LogP contribution in [0.1, 0.15) is 10.4 Å². The van der Waals surface area contributed by atoms with Crippen LogP contribution in [0.5, 0.6) is 0 Å². The molecule has 0 radical (unpaired) electrons. The Morgan fingerprint density at radius 2 is 1.65 bits per heavy atom. The molecule has 1 aromatic carbocycles. The van der Waals surface area contributed by atoms with Crippen molar-refractivity contribution >= 4 is 23.2 Å².